The highest BCUT2D eigenvalue weighted by molar-refractivity contribution is 5.77. The van der Waals surface area contributed by atoms with Gasteiger partial charge in [-0.05, 0) is 19.5 Å². The number of rotatable bonds is 5. The summed E-state index contributed by atoms with van der Waals surface area (Å²) in [6.45, 7) is 2.99. The molecule has 15 heavy (non-hydrogen) atoms. The van der Waals surface area contributed by atoms with E-state index in [2.05, 4.69) is 31.0 Å². The van der Waals surface area contributed by atoms with Gasteiger partial charge in [0.2, 0.25) is 0 Å². The van der Waals surface area contributed by atoms with Gasteiger partial charge in [0.15, 0.2) is 0 Å². The first kappa shape index (κ1) is 11.7. The van der Waals surface area contributed by atoms with Crippen LogP contribution in [-0.2, 0) is 6.54 Å². The monoisotopic (exact) mass is 205 g/mol. The Morgan fingerprint density at radius 3 is 2.53 bits per heavy atom. The molecule has 0 fully saturated rings. The summed E-state index contributed by atoms with van der Waals surface area (Å²) in [4.78, 5) is 2.21. The van der Waals surface area contributed by atoms with Crippen molar-refractivity contribution in [2.24, 2.45) is 5.73 Å². The molecule has 3 heteroatoms. The molecule has 0 aliphatic heterocycles. The second-order valence-electron chi connectivity index (χ2n) is 3.98. The second-order valence-corrected chi connectivity index (χ2v) is 3.98. The lowest BCUT2D eigenvalue weighted by atomic mass is 10.1. The number of nitrogens with one attached hydrogen (secondary N) is 1. The van der Waals surface area contributed by atoms with Gasteiger partial charge in [0.1, 0.15) is 0 Å². The lowest BCUT2D eigenvalue weighted by Crippen LogP contribution is -2.32. The van der Waals surface area contributed by atoms with Crippen molar-refractivity contribution in [1.82, 2.24) is 4.90 Å². The quantitative estimate of drug-likeness (QED) is 0.569. The predicted molar refractivity (Wildman–Crippen MR) is 63.9 cm³/mol. The Kier molecular flexibility index (Phi) is 4.31. The highest BCUT2D eigenvalue weighted by Gasteiger charge is 2.10. The van der Waals surface area contributed by atoms with Crippen LogP contribution in [0.4, 0.5) is 0 Å². The summed E-state index contributed by atoms with van der Waals surface area (Å²) in [6, 6.07) is 10.6. The summed E-state index contributed by atoms with van der Waals surface area (Å²) >= 11 is 0. The second kappa shape index (κ2) is 5.51. The van der Waals surface area contributed by atoms with Gasteiger partial charge < -0.3 is 5.73 Å². The van der Waals surface area contributed by atoms with E-state index in [9.17, 15) is 0 Å². The average molecular weight is 205 g/mol. The molecule has 0 saturated heterocycles. The Hall–Kier alpha value is -1.35. The van der Waals surface area contributed by atoms with Gasteiger partial charge >= 0.3 is 0 Å². The third kappa shape index (κ3) is 4.13. The van der Waals surface area contributed by atoms with Gasteiger partial charge in [0.25, 0.3) is 0 Å². The number of benzene rings is 1. The summed E-state index contributed by atoms with van der Waals surface area (Å²) in [5.41, 5.74) is 6.67. The molecule has 1 aromatic rings. The summed E-state index contributed by atoms with van der Waals surface area (Å²) < 4.78 is 0. The van der Waals surface area contributed by atoms with Gasteiger partial charge in [-0.3, -0.25) is 10.3 Å². The smallest absolute Gasteiger partial charge is 0.0920 e. The molecule has 3 N–H and O–H groups in total. The summed E-state index contributed by atoms with van der Waals surface area (Å²) in [6.07, 6.45) is 0.628. The van der Waals surface area contributed by atoms with Gasteiger partial charge in [-0.15, -0.1) is 0 Å². The average Bonchev–Trinajstić information content (AvgIpc) is 2.18. The van der Waals surface area contributed by atoms with Crippen molar-refractivity contribution in [3.05, 3.63) is 35.9 Å². The maximum absolute atomic E-state index is 7.25. The van der Waals surface area contributed by atoms with Gasteiger partial charge in [-0.1, -0.05) is 30.3 Å². The molecule has 0 heterocycles. The molecule has 0 aliphatic carbocycles. The minimum absolute atomic E-state index is 0.252. The molecule has 1 atom stereocenters. The zero-order chi connectivity index (χ0) is 11.3. The Morgan fingerprint density at radius 2 is 2.00 bits per heavy atom. The van der Waals surface area contributed by atoms with E-state index in [1.807, 2.05) is 18.2 Å². The zero-order valence-corrected chi connectivity index (χ0v) is 9.40. The lowest BCUT2D eigenvalue weighted by molar-refractivity contribution is 0.254. The van der Waals surface area contributed by atoms with Crippen LogP contribution in [0.2, 0.25) is 0 Å². The summed E-state index contributed by atoms with van der Waals surface area (Å²) in [5.74, 6) is 0.252. The van der Waals surface area contributed by atoms with Crippen LogP contribution in [0.15, 0.2) is 30.3 Å². The van der Waals surface area contributed by atoms with Crippen molar-refractivity contribution in [3.8, 4) is 0 Å². The van der Waals surface area contributed by atoms with Crippen LogP contribution in [0.5, 0.6) is 0 Å². The van der Waals surface area contributed by atoms with E-state index in [1.54, 1.807) is 0 Å². The standard InChI is InChI=1S/C12H19N3/c1-10(8-12(13)14)15(2)9-11-6-4-3-5-7-11/h3-7,10H,8-9H2,1-2H3,(H3,13,14). The molecular weight excluding hydrogens is 186 g/mol. The minimum atomic E-state index is 0.252. The number of hydrogen-bond acceptors (Lipinski definition) is 2. The normalized spacial score (nSPS) is 12.7. The SMILES string of the molecule is CC(CC(=N)N)N(C)Cc1ccccc1. The molecule has 82 valence electrons. The number of hydrogen-bond donors (Lipinski definition) is 2. The van der Waals surface area contributed by atoms with Gasteiger partial charge in [0.05, 0.1) is 5.84 Å². The molecule has 1 unspecified atom stereocenters. The highest BCUT2D eigenvalue weighted by Crippen LogP contribution is 2.07. The van der Waals surface area contributed by atoms with Crippen LogP contribution in [-0.4, -0.2) is 23.8 Å². The van der Waals surface area contributed by atoms with E-state index in [1.165, 1.54) is 5.56 Å². The Balaban J connectivity index is 2.48. The molecule has 0 spiro atoms. The van der Waals surface area contributed by atoms with Crippen LogP contribution in [0, 0.1) is 5.41 Å². The van der Waals surface area contributed by atoms with Crippen LogP contribution >= 0.6 is 0 Å². The fourth-order valence-electron chi connectivity index (χ4n) is 1.50. The van der Waals surface area contributed by atoms with Crippen molar-refractivity contribution < 1.29 is 0 Å². The molecule has 1 rings (SSSR count). The van der Waals surface area contributed by atoms with Crippen molar-refractivity contribution in [2.45, 2.75) is 25.9 Å². The van der Waals surface area contributed by atoms with Gasteiger partial charge in [-0.25, -0.2) is 0 Å². The van der Waals surface area contributed by atoms with Crippen LogP contribution < -0.4 is 5.73 Å². The molecule has 0 aromatic heterocycles. The predicted octanol–water partition coefficient (Wildman–Crippen LogP) is 1.83. The Bertz CT molecular complexity index is 308. The van der Waals surface area contributed by atoms with E-state index in [0.717, 1.165) is 6.54 Å². The number of nitrogens with zero attached hydrogens (tertiary/aromatic N) is 1. The third-order valence-corrected chi connectivity index (χ3v) is 2.54. The molecule has 0 aliphatic rings. The summed E-state index contributed by atoms with van der Waals surface area (Å²) in [5, 5.41) is 7.25. The van der Waals surface area contributed by atoms with Crippen LogP contribution in [0.1, 0.15) is 18.9 Å². The third-order valence-electron chi connectivity index (χ3n) is 2.54. The minimum Gasteiger partial charge on any atom is -0.388 e. The van der Waals surface area contributed by atoms with Crippen molar-refractivity contribution in [2.75, 3.05) is 7.05 Å². The van der Waals surface area contributed by atoms with Gasteiger partial charge in [0, 0.05) is 19.0 Å². The largest absolute Gasteiger partial charge is 0.388 e. The Labute approximate surface area is 91.4 Å². The molecular formula is C12H19N3. The highest BCUT2D eigenvalue weighted by atomic mass is 15.1. The maximum Gasteiger partial charge on any atom is 0.0920 e. The molecule has 0 amide bonds. The van der Waals surface area contributed by atoms with Crippen molar-refractivity contribution >= 4 is 5.84 Å². The first-order valence-corrected chi connectivity index (χ1v) is 5.16. The van der Waals surface area contributed by atoms with E-state index in [0.29, 0.717) is 12.5 Å². The van der Waals surface area contributed by atoms with Gasteiger partial charge in [-0.2, -0.15) is 0 Å². The van der Waals surface area contributed by atoms with E-state index < -0.39 is 0 Å². The van der Waals surface area contributed by atoms with E-state index >= 15 is 0 Å². The Morgan fingerprint density at radius 1 is 1.40 bits per heavy atom. The van der Waals surface area contributed by atoms with E-state index in [4.69, 9.17) is 11.1 Å². The fraction of sp³-hybridized carbons (Fsp3) is 0.417. The molecule has 1 aromatic carbocycles. The van der Waals surface area contributed by atoms with E-state index in [-0.39, 0.29) is 5.84 Å². The first-order chi connectivity index (χ1) is 7.09. The topological polar surface area (TPSA) is 53.1 Å². The summed E-state index contributed by atoms with van der Waals surface area (Å²) in [7, 11) is 2.06. The zero-order valence-electron chi connectivity index (χ0n) is 9.40. The molecule has 0 bridgehead atoms. The van der Waals surface area contributed by atoms with Crippen LogP contribution in [0.25, 0.3) is 0 Å². The number of nitrogens with two attached hydrogens (primary N) is 1. The number of amidine groups is 1. The molecule has 3 nitrogen and oxygen atoms in total. The maximum atomic E-state index is 7.25. The van der Waals surface area contributed by atoms with Crippen molar-refractivity contribution in [3.63, 3.8) is 0 Å². The fourth-order valence-corrected chi connectivity index (χ4v) is 1.50. The first-order valence-electron chi connectivity index (χ1n) is 5.16. The van der Waals surface area contributed by atoms with Crippen LogP contribution in [0.3, 0.4) is 0 Å². The molecule has 0 radical (unpaired) electrons. The molecule has 0 saturated carbocycles. The van der Waals surface area contributed by atoms with Crippen molar-refractivity contribution in [1.29, 1.82) is 5.41 Å². The lowest BCUT2D eigenvalue weighted by Gasteiger charge is -2.24.